The van der Waals surface area contributed by atoms with E-state index < -0.39 is 17.7 Å². The maximum absolute atomic E-state index is 13.7. The van der Waals surface area contributed by atoms with Crippen molar-refractivity contribution in [3.8, 4) is 0 Å². The number of rotatable bonds is 3. The fourth-order valence-corrected chi connectivity index (χ4v) is 3.86. The first-order valence-corrected chi connectivity index (χ1v) is 7.85. The lowest BCUT2D eigenvalue weighted by molar-refractivity contribution is -0.112. The Morgan fingerprint density at radius 2 is 2.05 bits per heavy atom. The first-order valence-electron chi connectivity index (χ1n) is 7.85. The molecular weight excluding hydrogens is 274 g/mol. The number of aliphatic hydroxyl groups excluding tert-OH is 1. The molecule has 2 aliphatic rings. The quantitative estimate of drug-likeness (QED) is 0.923. The molecule has 116 valence electrons. The lowest BCUT2D eigenvalue weighted by atomic mass is 9.80. The minimum absolute atomic E-state index is 0.0651. The van der Waals surface area contributed by atoms with Gasteiger partial charge >= 0.3 is 0 Å². The summed E-state index contributed by atoms with van der Waals surface area (Å²) in [7, 11) is 0. The van der Waals surface area contributed by atoms with E-state index >= 15 is 0 Å². The molecule has 2 fully saturated rings. The Balaban J connectivity index is 1.67. The second kappa shape index (κ2) is 6.01. The lowest BCUT2D eigenvalue weighted by Gasteiger charge is -2.40. The molecule has 3 rings (SSSR count). The first kappa shape index (κ1) is 14.9. The molecule has 0 radical (unpaired) electrons. The summed E-state index contributed by atoms with van der Waals surface area (Å²) in [6, 6.07) is 4.14. The maximum Gasteiger partial charge on any atom is 0.162 e. The number of hydrogen-bond acceptors (Lipinski definition) is 2. The van der Waals surface area contributed by atoms with E-state index in [1.807, 2.05) is 0 Å². The molecule has 1 aliphatic carbocycles. The van der Waals surface area contributed by atoms with Crippen LogP contribution in [0.4, 0.5) is 8.78 Å². The van der Waals surface area contributed by atoms with Gasteiger partial charge in [-0.05, 0) is 43.2 Å². The van der Waals surface area contributed by atoms with Gasteiger partial charge in [0.05, 0.1) is 11.7 Å². The highest BCUT2D eigenvalue weighted by molar-refractivity contribution is 5.20. The SMILES string of the molecule is OC(Cc1cccc(F)c1F)C1CCOC2(CCCC2)C1. The predicted octanol–water partition coefficient (Wildman–Crippen LogP) is 3.61. The number of benzene rings is 1. The van der Waals surface area contributed by atoms with Gasteiger partial charge in [-0.15, -0.1) is 0 Å². The standard InChI is InChI=1S/C17H22F2O2/c18-14-5-3-4-12(16(14)19)10-15(20)13-6-9-21-17(11-13)7-1-2-8-17/h3-5,13,15,20H,1-2,6-11H2. The van der Waals surface area contributed by atoms with E-state index in [-0.39, 0.29) is 23.5 Å². The Kier molecular flexibility index (Phi) is 4.27. The van der Waals surface area contributed by atoms with Crippen molar-refractivity contribution in [3.63, 3.8) is 0 Å². The summed E-state index contributed by atoms with van der Waals surface area (Å²) in [6.45, 7) is 0.660. The molecular formula is C17H22F2O2. The average molecular weight is 296 g/mol. The third-order valence-corrected chi connectivity index (χ3v) is 5.05. The number of aliphatic hydroxyl groups is 1. The average Bonchev–Trinajstić information content (AvgIpc) is 2.92. The molecule has 0 amide bonds. The number of hydrogen-bond donors (Lipinski definition) is 1. The molecule has 0 aromatic heterocycles. The summed E-state index contributed by atoms with van der Waals surface area (Å²) >= 11 is 0. The van der Waals surface area contributed by atoms with E-state index in [0.717, 1.165) is 31.7 Å². The topological polar surface area (TPSA) is 29.5 Å². The zero-order valence-corrected chi connectivity index (χ0v) is 12.2. The lowest BCUT2D eigenvalue weighted by Crippen LogP contribution is -2.41. The molecule has 1 N–H and O–H groups in total. The molecule has 0 bridgehead atoms. The smallest absolute Gasteiger partial charge is 0.162 e. The van der Waals surface area contributed by atoms with Crippen LogP contribution in [0.5, 0.6) is 0 Å². The zero-order chi connectivity index (χ0) is 14.9. The fraction of sp³-hybridized carbons (Fsp3) is 0.647. The molecule has 1 heterocycles. The molecule has 2 atom stereocenters. The van der Waals surface area contributed by atoms with Crippen LogP contribution < -0.4 is 0 Å². The second-order valence-electron chi connectivity index (χ2n) is 6.48. The van der Waals surface area contributed by atoms with Crippen LogP contribution in [-0.2, 0) is 11.2 Å². The van der Waals surface area contributed by atoms with Gasteiger partial charge in [-0.25, -0.2) is 8.78 Å². The molecule has 1 spiro atoms. The van der Waals surface area contributed by atoms with E-state index in [4.69, 9.17) is 4.74 Å². The molecule has 1 aromatic rings. The molecule has 2 unspecified atom stereocenters. The molecule has 2 nitrogen and oxygen atoms in total. The minimum atomic E-state index is -0.848. The largest absolute Gasteiger partial charge is 0.392 e. The van der Waals surface area contributed by atoms with Gasteiger partial charge in [-0.3, -0.25) is 0 Å². The van der Waals surface area contributed by atoms with Crippen LogP contribution in [0.2, 0.25) is 0 Å². The van der Waals surface area contributed by atoms with E-state index in [0.29, 0.717) is 6.61 Å². The second-order valence-corrected chi connectivity index (χ2v) is 6.48. The summed E-state index contributed by atoms with van der Waals surface area (Å²) in [6.07, 6.45) is 5.65. The van der Waals surface area contributed by atoms with Crippen molar-refractivity contribution in [1.29, 1.82) is 0 Å². The van der Waals surface area contributed by atoms with Crippen LogP contribution in [0.3, 0.4) is 0 Å². The van der Waals surface area contributed by atoms with Crippen LogP contribution in [0.1, 0.15) is 44.1 Å². The normalized spacial score (nSPS) is 26.1. The Labute approximate surface area is 124 Å². The molecule has 1 aromatic carbocycles. The Hall–Kier alpha value is -1.00. The highest BCUT2D eigenvalue weighted by Gasteiger charge is 2.41. The van der Waals surface area contributed by atoms with Crippen molar-refractivity contribution in [1.82, 2.24) is 0 Å². The third kappa shape index (κ3) is 3.11. The Morgan fingerprint density at radius 1 is 1.29 bits per heavy atom. The predicted molar refractivity (Wildman–Crippen MR) is 75.9 cm³/mol. The molecule has 1 saturated carbocycles. The van der Waals surface area contributed by atoms with Crippen molar-refractivity contribution < 1.29 is 18.6 Å². The van der Waals surface area contributed by atoms with Gasteiger partial charge in [0.15, 0.2) is 11.6 Å². The van der Waals surface area contributed by atoms with Crippen LogP contribution >= 0.6 is 0 Å². The van der Waals surface area contributed by atoms with Crippen LogP contribution in [-0.4, -0.2) is 23.4 Å². The van der Waals surface area contributed by atoms with Crippen LogP contribution in [0.15, 0.2) is 18.2 Å². The summed E-state index contributed by atoms with van der Waals surface area (Å²) in [5.41, 5.74) is 0.194. The van der Waals surface area contributed by atoms with Gasteiger partial charge in [0.25, 0.3) is 0 Å². The van der Waals surface area contributed by atoms with Gasteiger partial charge in [-0.2, -0.15) is 0 Å². The van der Waals surface area contributed by atoms with E-state index in [1.54, 1.807) is 6.07 Å². The minimum Gasteiger partial charge on any atom is -0.392 e. The van der Waals surface area contributed by atoms with Crippen molar-refractivity contribution >= 4 is 0 Å². The monoisotopic (exact) mass is 296 g/mol. The Morgan fingerprint density at radius 3 is 2.81 bits per heavy atom. The van der Waals surface area contributed by atoms with Gasteiger partial charge < -0.3 is 9.84 Å². The molecule has 21 heavy (non-hydrogen) atoms. The van der Waals surface area contributed by atoms with Crippen molar-refractivity contribution in [3.05, 3.63) is 35.4 Å². The molecule has 1 aliphatic heterocycles. The van der Waals surface area contributed by atoms with E-state index in [2.05, 4.69) is 0 Å². The van der Waals surface area contributed by atoms with Crippen molar-refractivity contribution in [2.45, 2.75) is 56.7 Å². The van der Waals surface area contributed by atoms with Crippen molar-refractivity contribution in [2.24, 2.45) is 5.92 Å². The van der Waals surface area contributed by atoms with Gasteiger partial charge in [0.1, 0.15) is 0 Å². The zero-order valence-electron chi connectivity index (χ0n) is 12.2. The highest BCUT2D eigenvalue weighted by atomic mass is 19.2. The maximum atomic E-state index is 13.7. The summed E-state index contributed by atoms with van der Waals surface area (Å²) < 4.78 is 32.9. The first-order chi connectivity index (χ1) is 10.1. The van der Waals surface area contributed by atoms with Crippen molar-refractivity contribution in [2.75, 3.05) is 6.61 Å². The number of ether oxygens (including phenoxy) is 1. The van der Waals surface area contributed by atoms with E-state index in [9.17, 15) is 13.9 Å². The summed E-state index contributed by atoms with van der Waals surface area (Å²) in [5.74, 6) is -1.57. The van der Waals surface area contributed by atoms with Gasteiger partial charge in [-0.1, -0.05) is 25.0 Å². The molecule has 1 saturated heterocycles. The fourth-order valence-electron chi connectivity index (χ4n) is 3.86. The number of halogens is 2. The molecule has 4 heteroatoms. The summed E-state index contributed by atoms with van der Waals surface area (Å²) in [5, 5.41) is 10.4. The summed E-state index contributed by atoms with van der Waals surface area (Å²) in [4.78, 5) is 0. The Bertz CT molecular complexity index is 498. The van der Waals surface area contributed by atoms with Gasteiger partial charge in [0.2, 0.25) is 0 Å². The highest BCUT2D eigenvalue weighted by Crippen LogP contribution is 2.43. The van der Waals surface area contributed by atoms with Gasteiger partial charge in [0, 0.05) is 13.0 Å². The third-order valence-electron chi connectivity index (χ3n) is 5.05. The van der Waals surface area contributed by atoms with E-state index in [1.165, 1.54) is 18.9 Å². The van der Waals surface area contributed by atoms with Crippen LogP contribution in [0.25, 0.3) is 0 Å². The van der Waals surface area contributed by atoms with Crippen LogP contribution in [0, 0.1) is 17.6 Å².